The van der Waals surface area contributed by atoms with Crippen LogP contribution in [0, 0.1) is 0 Å². The van der Waals surface area contributed by atoms with Crippen LogP contribution in [-0.4, -0.2) is 23.2 Å². The van der Waals surface area contributed by atoms with E-state index in [1.807, 2.05) is 6.92 Å². The van der Waals surface area contributed by atoms with Crippen molar-refractivity contribution in [1.29, 1.82) is 0 Å². The van der Waals surface area contributed by atoms with Crippen LogP contribution in [0.4, 0.5) is 0 Å². The second kappa shape index (κ2) is 5.99. The third-order valence-corrected chi connectivity index (χ3v) is 4.18. The Labute approximate surface area is 125 Å². The summed E-state index contributed by atoms with van der Waals surface area (Å²) in [7, 11) is 1.43. The molecule has 0 spiro atoms. The molecule has 0 amide bonds. The van der Waals surface area contributed by atoms with Crippen LogP contribution < -0.4 is 4.74 Å². The number of ether oxygens (including phenoxy) is 1. The number of benzene rings is 1. The van der Waals surface area contributed by atoms with Gasteiger partial charge in [-0.3, -0.25) is 0 Å². The van der Waals surface area contributed by atoms with Gasteiger partial charge < -0.3 is 4.74 Å². The first kappa shape index (κ1) is 15.1. The van der Waals surface area contributed by atoms with Crippen LogP contribution in [0.1, 0.15) is 12.7 Å². The van der Waals surface area contributed by atoms with Crippen molar-refractivity contribution < 1.29 is 13.2 Å². The standard InChI is InChI=1S/C11H11Cl2N3O3S/c1-2-16-11(14-7-15-16)6-19-10-4-3-8(5-9(10)12)20(13,17)18/h3-5,7H,2,6H2,1H3. The Hall–Kier alpha value is -1.31. The smallest absolute Gasteiger partial charge is 0.261 e. The van der Waals surface area contributed by atoms with E-state index in [2.05, 4.69) is 10.1 Å². The minimum Gasteiger partial charge on any atom is -0.484 e. The number of nitrogens with zero attached hydrogens (tertiary/aromatic N) is 3. The molecule has 0 atom stereocenters. The Morgan fingerprint density at radius 3 is 2.75 bits per heavy atom. The zero-order valence-corrected chi connectivity index (χ0v) is 12.8. The van der Waals surface area contributed by atoms with Crippen LogP contribution >= 0.6 is 22.3 Å². The van der Waals surface area contributed by atoms with Crippen molar-refractivity contribution in [1.82, 2.24) is 14.8 Å². The fourth-order valence-electron chi connectivity index (χ4n) is 1.56. The Kier molecular flexibility index (Phi) is 4.52. The van der Waals surface area contributed by atoms with E-state index in [1.165, 1.54) is 24.5 Å². The summed E-state index contributed by atoms with van der Waals surface area (Å²) in [5.41, 5.74) is 0. The highest BCUT2D eigenvalue weighted by atomic mass is 35.7. The maximum Gasteiger partial charge on any atom is 0.261 e. The van der Waals surface area contributed by atoms with E-state index in [4.69, 9.17) is 27.0 Å². The second-order valence-electron chi connectivity index (χ2n) is 3.81. The minimum absolute atomic E-state index is 0.0757. The van der Waals surface area contributed by atoms with Gasteiger partial charge in [-0.25, -0.2) is 18.1 Å². The third-order valence-electron chi connectivity index (χ3n) is 2.54. The van der Waals surface area contributed by atoms with Crippen LogP contribution in [-0.2, 0) is 22.2 Å². The molecule has 20 heavy (non-hydrogen) atoms. The fourth-order valence-corrected chi connectivity index (χ4v) is 2.63. The first-order chi connectivity index (χ1) is 9.41. The lowest BCUT2D eigenvalue weighted by atomic mass is 10.3. The largest absolute Gasteiger partial charge is 0.484 e. The Balaban J connectivity index is 2.15. The molecule has 0 aliphatic carbocycles. The van der Waals surface area contributed by atoms with Crippen LogP contribution in [0.3, 0.4) is 0 Å². The Morgan fingerprint density at radius 2 is 2.15 bits per heavy atom. The predicted molar refractivity (Wildman–Crippen MR) is 74.5 cm³/mol. The summed E-state index contributed by atoms with van der Waals surface area (Å²) in [5.74, 6) is 0.999. The molecule has 9 heteroatoms. The molecule has 0 unspecified atom stereocenters. The molecule has 2 rings (SSSR count). The third kappa shape index (κ3) is 3.41. The van der Waals surface area contributed by atoms with E-state index in [9.17, 15) is 8.42 Å². The summed E-state index contributed by atoms with van der Waals surface area (Å²) in [6.07, 6.45) is 1.44. The molecule has 0 bridgehead atoms. The lowest BCUT2D eigenvalue weighted by molar-refractivity contribution is 0.287. The van der Waals surface area contributed by atoms with Gasteiger partial charge in [-0.15, -0.1) is 0 Å². The van der Waals surface area contributed by atoms with Gasteiger partial charge in [0, 0.05) is 17.2 Å². The van der Waals surface area contributed by atoms with Crippen molar-refractivity contribution in [3.05, 3.63) is 35.4 Å². The van der Waals surface area contributed by atoms with Crippen molar-refractivity contribution in [2.45, 2.75) is 25.0 Å². The van der Waals surface area contributed by atoms with Gasteiger partial charge in [0.15, 0.2) is 5.82 Å². The highest BCUT2D eigenvalue weighted by Crippen LogP contribution is 2.29. The van der Waals surface area contributed by atoms with Gasteiger partial charge in [0.1, 0.15) is 18.7 Å². The molecule has 0 radical (unpaired) electrons. The summed E-state index contributed by atoms with van der Waals surface area (Å²) in [6.45, 7) is 2.79. The molecule has 1 heterocycles. The lowest BCUT2D eigenvalue weighted by Gasteiger charge is -2.08. The average molecular weight is 336 g/mol. The zero-order chi connectivity index (χ0) is 14.8. The van der Waals surface area contributed by atoms with Gasteiger partial charge in [0.05, 0.1) is 9.92 Å². The van der Waals surface area contributed by atoms with Gasteiger partial charge in [0.2, 0.25) is 0 Å². The van der Waals surface area contributed by atoms with Crippen molar-refractivity contribution in [3.63, 3.8) is 0 Å². The maximum absolute atomic E-state index is 11.2. The monoisotopic (exact) mass is 335 g/mol. The lowest BCUT2D eigenvalue weighted by Crippen LogP contribution is -2.07. The van der Waals surface area contributed by atoms with Crippen molar-refractivity contribution in [2.24, 2.45) is 0 Å². The molecule has 0 saturated heterocycles. The summed E-state index contributed by atoms with van der Waals surface area (Å²) >= 11 is 5.96. The molecule has 0 fully saturated rings. The second-order valence-corrected chi connectivity index (χ2v) is 6.78. The van der Waals surface area contributed by atoms with Gasteiger partial charge in [-0.2, -0.15) is 5.10 Å². The topological polar surface area (TPSA) is 74.1 Å². The van der Waals surface area contributed by atoms with Gasteiger partial charge in [-0.1, -0.05) is 11.6 Å². The average Bonchev–Trinajstić information content (AvgIpc) is 2.83. The van der Waals surface area contributed by atoms with Gasteiger partial charge in [0.25, 0.3) is 9.05 Å². The number of halogens is 2. The van der Waals surface area contributed by atoms with E-state index in [0.717, 1.165) is 0 Å². The molecule has 1 aromatic heterocycles. The van der Waals surface area contributed by atoms with Crippen LogP contribution in [0.2, 0.25) is 5.02 Å². The molecule has 2 aromatic rings. The number of hydrogen-bond acceptors (Lipinski definition) is 5. The van der Waals surface area contributed by atoms with Crippen LogP contribution in [0.5, 0.6) is 5.75 Å². The quantitative estimate of drug-likeness (QED) is 0.784. The summed E-state index contributed by atoms with van der Waals surface area (Å²) in [4.78, 5) is 3.98. The minimum atomic E-state index is -3.81. The van der Waals surface area contributed by atoms with Crippen molar-refractivity contribution >= 4 is 31.3 Å². The maximum atomic E-state index is 11.2. The number of rotatable bonds is 5. The number of aryl methyl sites for hydroxylation is 1. The summed E-state index contributed by atoms with van der Waals surface area (Å²) < 4.78 is 29.5. The van der Waals surface area contributed by atoms with E-state index < -0.39 is 9.05 Å². The van der Waals surface area contributed by atoms with Crippen LogP contribution in [0.15, 0.2) is 29.4 Å². The summed E-state index contributed by atoms with van der Waals surface area (Å²) in [6, 6.07) is 4.02. The Morgan fingerprint density at radius 1 is 1.40 bits per heavy atom. The fraction of sp³-hybridized carbons (Fsp3) is 0.273. The first-order valence-electron chi connectivity index (χ1n) is 5.65. The molecule has 0 aliphatic rings. The van der Waals surface area contributed by atoms with E-state index in [1.54, 1.807) is 4.68 Å². The van der Waals surface area contributed by atoms with E-state index in [0.29, 0.717) is 18.1 Å². The molecule has 0 aliphatic heterocycles. The zero-order valence-electron chi connectivity index (χ0n) is 10.5. The van der Waals surface area contributed by atoms with E-state index >= 15 is 0 Å². The normalized spacial score (nSPS) is 11.6. The summed E-state index contributed by atoms with van der Waals surface area (Å²) in [5, 5.41) is 4.17. The highest BCUT2D eigenvalue weighted by molar-refractivity contribution is 8.13. The number of aromatic nitrogens is 3. The van der Waals surface area contributed by atoms with Gasteiger partial charge >= 0.3 is 0 Å². The first-order valence-corrected chi connectivity index (χ1v) is 8.34. The van der Waals surface area contributed by atoms with E-state index in [-0.39, 0.29) is 16.5 Å². The molecular formula is C11H11Cl2N3O3S. The number of hydrogen-bond donors (Lipinski definition) is 0. The molecule has 0 saturated carbocycles. The van der Waals surface area contributed by atoms with Crippen LogP contribution in [0.25, 0.3) is 0 Å². The molecule has 6 nitrogen and oxygen atoms in total. The SMILES string of the molecule is CCn1ncnc1COc1ccc(S(=O)(=O)Cl)cc1Cl. The Bertz CT molecular complexity index is 715. The molecule has 108 valence electrons. The molecule has 1 aromatic carbocycles. The molecule has 0 N–H and O–H groups in total. The van der Waals surface area contributed by atoms with Crippen molar-refractivity contribution in [2.75, 3.05) is 0 Å². The molecular weight excluding hydrogens is 325 g/mol. The highest BCUT2D eigenvalue weighted by Gasteiger charge is 2.13. The van der Waals surface area contributed by atoms with Crippen molar-refractivity contribution in [3.8, 4) is 5.75 Å². The predicted octanol–water partition coefficient (Wildman–Crippen LogP) is 2.46. The van der Waals surface area contributed by atoms with Gasteiger partial charge in [-0.05, 0) is 25.1 Å².